The molecule has 1 saturated heterocycles. The molecule has 0 spiro atoms. The van der Waals surface area contributed by atoms with Crippen LogP contribution < -0.4 is 9.47 Å². The molecule has 0 radical (unpaired) electrons. The molecule has 0 saturated carbocycles. The highest BCUT2D eigenvalue weighted by Crippen LogP contribution is 2.34. The standard InChI is InChI=1S/C21H18BrNO6S/c1-27-16-8-5-14(9-17(16)29-12-13-3-6-15(22)7-4-13)10-18-20(25)23(21(26)30-18)11-19(24)28-2/h3-10H,11-12H2,1-2H3/b18-10-. The minimum absolute atomic E-state index is 0.216. The van der Waals surface area contributed by atoms with Crippen molar-refractivity contribution in [2.24, 2.45) is 0 Å². The molecule has 2 aromatic carbocycles. The monoisotopic (exact) mass is 491 g/mol. The maximum atomic E-state index is 12.5. The summed E-state index contributed by atoms with van der Waals surface area (Å²) in [7, 11) is 2.74. The Hall–Kier alpha value is -2.78. The molecule has 1 aliphatic heterocycles. The van der Waals surface area contributed by atoms with Crippen molar-refractivity contribution in [2.75, 3.05) is 20.8 Å². The van der Waals surface area contributed by atoms with Crippen LogP contribution in [0.25, 0.3) is 6.08 Å². The number of carbonyl (C=O) groups is 3. The van der Waals surface area contributed by atoms with E-state index >= 15 is 0 Å². The van der Waals surface area contributed by atoms with E-state index in [1.807, 2.05) is 24.3 Å². The molecule has 3 rings (SSSR count). The van der Waals surface area contributed by atoms with Gasteiger partial charge in [0.05, 0.1) is 19.1 Å². The van der Waals surface area contributed by atoms with Gasteiger partial charge in [-0.15, -0.1) is 0 Å². The molecule has 0 aromatic heterocycles. The zero-order chi connectivity index (χ0) is 21.7. The van der Waals surface area contributed by atoms with Gasteiger partial charge in [0.1, 0.15) is 13.2 Å². The second-order valence-corrected chi connectivity index (χ2v) is 8.08. The van der Waals surface area contributed by atoms with Gasteiger partial charge in [-0.25, -0.2) is 0 Å². The zero-order valence-electron chi connectivity index (χ0n) is 16.2. The predicted octanol–water partition coefficient (Wildman–Crippen LogP) is 4.25. The first-order valence-electron chi connectivity index (χ1n) is 8.78. The van der Waals surface area contributed by atoms with E-state index < -0.39 is 23.7 Å². The number of ether oxygens (including phenoxy) is 3. The number of amides is 2. The number of hydrogen-bond donors (Lipinski definition) is 0. The number of halogens is 1. The van der Waals surface area contributed by atoms with Crippen molar-refractivity contribution in [3.8, 4) is 11.5 Å². The van der Waals surface area contributed by atoms with Crippen LogP contribution in [-0.4, -0.2) is 42.8 Å². The van der Waals surface area contributed by atoms with Gasteiger partial charge in [0.2, 0.25) is 0 Å². The Kier molecular flexibility index (Phi) is 7.17. The molecule has 30 heavy (non-hydrogen) atoms. The first kappa shape index (κ1) is 21.9. The van der Waals surface area contributed by atoms with Crippen molar-refractivity contribution in [3.05, 3.63) is 63.0 Å². The van der Waals surface area contributed by atoms with Crippen LogP contribution in [0.1, 0.15) is 11.1 Å². The first-order chi connectivity index (χ1) is 14.4. The van der Waals surface area contributed by atoms with Gasteiger partial charge < -0.3 is 14.2 Å². The molecule has 0 bridgehead atoms. The van der Waals surface area contributed by atoms with Gasteiger partial charge in [-0.3, -0.25) is 19.3 Å². The Morgan fingerprint density at radius 2 is 1.83 bits per heavy atom. The molecule has 1 fully saturated rings. The third kappa shape index (κ3) is 5.22. The summed E-state index contributed by atoms with van der Waals surface area (Å²) in [5.41, 5.74) is 1.64. The van der Waals surface area contributed by atoms with Crippen molar-refractivity contribution < 1.29 is 28.6 Å². The average molecular weight is 492 g/mol. The van der Waals surface area contributed by atoms with Gasteiger partial charge >= 0.3 is 5.97 Å². The molecular weight excluding hydrogens is 474 g/mol. The van der Waals surface area contributed by atoms with E-state index in [0.717, 1.165) is 26.7 Å². The minimum Gasteiger partial charge on any atom is -0.493 e. The van der Waals surface area contributed by atoms with Crippen molar-refractivity contribution in [3.63, 3.8) is 0 Å². The van der Waals surface area contributed by atoms with Gasteiger partial charge in [-0.2, -0.15) is 0 Å². The minimum atomic E-state index is -0.661. The molecule has 0 unspecified atom stereocenters. The van der Waals surface area contributed by atoms with E-state index in [4.69, 9.17) is 9.47 Å². The molecule has 1 heterocycles. The molecule has 9 heteroatoms. The van der Waals surface area contributed by atoms with Gasteiger partial charge in [-0.05, 0) is 53.2 Å². The highest BCUT2D eigenvalue weighted by Gasteiger charge is 2.36. The smallest absolute Gasteiger partial charge is 0.325 e. The van der Waals surface area contributed by atoms with Crippen LogP contribution in [0.5, 0.6) is 11.5 Å². The third-order valence-electron chi connectivity index (χ3n) is 4.18. The maximum absolute atomic E-state index is 12.5. The summed E-state index contributed by atoms with van der Waals surface area (Å²) in [4.78, 5) is 37.0. The highest BCUT2D eigenvalue weighted by molar-refractivity contribution is 9.10. The molecule has 0 atom stereocenters. The lowest BCUT2D eigenvalue weighted by atomic mass is 10.1. The quantitative estimate of drug-likeness (QED) is 0.422. The predicted molar refractivity (Wildman–Crippen MR) is 116 cm³/mol. The summed E-state index contributed by atoms with van der Waals surface area (Å²) in [6.45, 7) is -0.0780. The van der Waals surface area contributed by atoms with Crippen molar-refractivity contribution in [2.45, 2.75) is 6.61 Å². The normalized spacial score (nSPS) is 14.9. The van der Waals surface area contributed by atoms with Crippen molar-refractivity contribution >= 4 is 50.9 Å². The van der Waals surface area contributed by atoms with Gasteiger partial charge in [0.15, 0.2) is 11.5 Å². The Bertz CT molecular complexity index is 1010. The number of imide groups is 1. The fourth-order valence-electron chi connectivity index (χ4n) is 2.62. The van der Waals surface area contributed by atoms with E-state index in [1.165, 1.54) is 7.11 Å². The van der Waals surface area contributed by atoms with Crippen molar-refractivity contribution in [1.82, 2.24) is 4.90 Å². The van der Waals surface area contributed by atoms with Gasteiger partial charge in [-0.1, -0.05) is 34.1 Å². The molecule has 156 valence electrons. The van der Waals surface area contributed by atoms with Crippen molar-refractivity contribution in [1.29, 1.82) is 0 Å². The van der Waals surface area contributed by atoms with Gasteiger partial charge in [0.25, 0.3) is 11.1 Å². The summed E-state index contributed by atoms with van der Waals surface area (Å²) >= 11 is 4.17. The topological polar surface area (TPSA) is 82.1 Å². The Balaban J connectivity index is 1.78. The second-order valence-electron chi connectivity index (χ2n) is 6.17. The zero-order valence-corrected chi connectivity index (χ0v) is 18.6. The maximum Gasteiger partial charge on any atom is 0.325 e. The first-order valence-corrected chi connectivity index (χ1v) is 10.4. The summed E-state index contributed by atoms with van der Waals surface area (Å²) in [5, 5.41) is -0.517. The van der Waals surface area contributed by atoms with Gasteiger partial charge in [0, 0.05) is 4.47 Å². The second kappa shape index (κ2) is 9.82. The molecule has 1 aliphatic rings. The van der Waals surface area contributed by atoms with Crippen LogP contribution in [0.2, 0.25) is 0 Å². The molecule has 7 nitrogen and oxygen atoms in total. The van der Waals surface area contributed by atoms with Crippen LogP contribution in [-0.2, 0) is 20.9 Å². The van der Waals surface area contributed by atoms with Crippen LogP contribution in [0.4, 0.5) is 4.79 Å². The number of nitrogens with zero attached hydrogens (tertiary/aromatic N) is 1. The summed E-state index contributed by atoms with van der Waals surface area (Å²) < 4.78 is 16.8. The Morgan fingerprint density at radius 3 is 2.50 bits per heavy atom. The number of rotatable bonds is 7. The lowest BCUT2D eigenvalue weighted by Crippen LogP contribution is -2.34. The summed E-state index contributed by atoms with van der Waals surface area (Å²) in [6.07, 6.45) is 1.58. The third-order valence-corrected chi connectivity index (χ3v) is 5.62. The Morgan fingerprint density at radius 1 is 1.10 bits per heavy atom. The van der Waals surface area contributed by atoms with E-state index in [-0.39, 0.29) is 4.91 Å². The number of thioether (sulfide) groups is 1. The molecular formula is C21H18BrNO6S. The lowest BCUT2D eigenvalue weighted by molar-refractivity contribution is -0.143. The SMILES string of the molecule is COC(=O)CN1C(=O)S/C(=C\c2ccc(OC)c(OCc3ccc(Br)cc3)c2)C1=O. The fraction of sp³-hybridized carbons (Fsp3) is 0.190. The molecule has 0 aliphatic carbocycles. The van der Waals surface area contributed by atoms with Crippen LogP contribution in [0, 0.1) is 0 Å². The lowest BCUT2D eigenvalue weighted by Gasteiger charge is -2.12. The number of carbonyl (C=O) groups excluding carboxylic acids is 3. The van der Waals surface area contributed by atoms with E-state index in [2.05, 4.69) is 20.7 Å². The highest BCUT2D eigenvalue weighted by atomic mass is 79.9. The van der Waals surface area contributed by atoms with E-state index in [0.29, 0.717) is 23.7 Å². The number of benzene rings is 2. The van der Waals surface area contributed by atoms with E-state index in [1.54, 1.807) is 31.4 Å². The molecule has 2 aromatic rings. The number of hydrogen-bond acceptors (Lipinski definition) is 7. The number of methoxy groups -OCH3 is 2. The fourth-order valence-corrected chi connectivity index (χ4v) is 3.72. The average Bonchev–Trinajstić information content (AvgIpc) is 3.00. The van der Waals surface area contributed by atoms with E-state index in [9.17, 15) is 14.4 Å². The van der Waals surface area contributed by atoms with Crippen LogP contribution in [0.3, 0.4) is 0 Å². The van der Waals surface area contributed by atoms with Crippen LogP contribution >= 0.6 is 27.7 Å². The number of esters is 1. The summed E-state index contributed by atoms with van der Waals surface area (Å²) in [5.74, 6) is -0.152. The molecule has 2 amide bonds. The molecule has 0 N–H and O–H groups in total. The largest absolute Gasteiger partial charge is 0.493 e. The van der Waals surface area contributed by atoms with Crippen LogP contribution in [0.15, 0.2) is 51.8 Å². The summed E-state index contributed by atoms with van der Waals surface area (Å²) in [6, 6.07) is 12.9. The Labute approximate surface area is 186 Å².